The molecule has 0 spiro atoms. The molecule has 212 valence electrons. The average molecular weight is 560 g/mol. The number of ether oxygens (including phenoxy) is 3. The lowest BCUT2D eigenvalue weighted by molar-refractivity contribution is 0.0321. The van der Waals surface area contributed by atoms with Crippen LogP contribution in [0, 0.1) is 0 Å². The summed E-state index contributed by atoms with van der Waals surface area (Å²) in [6.07, 6.45) is 3.53. The third-order valence-corrected chi connectivity index (χ3v) is 7.93. The van der Waals surface area contributed by atoms with Crippen molar-refractivity contribution in [1.29, 1.82) is 0 Å². The molecule has 7 rings (SSSR count). The lowest BCUT2D eigenvalue weighted by Crippen LogP contribution is -2.38. The van der Waals surface area contributed by atoms with Crippen LogP contribution in [-0.4, -0.2) is 67.9 Å². The molecule has 0 amide bonds. The Hall–Kier alpha value is -4.66. The smallest absolute Gasteiger partial charge is 0.162 e. The van der Waals surface area contributed by atoms with E-state index in [-0.39, 0.29) is 6.17 Å². The van der Waals surface area contributed by atoms with Gasteiger partial charge in [0.25, 0.3) is 0 Å². The second-order valence-electron chi connectivity index (χ2n) is 10.5. The molecule has 1 fully saturated rings. The number of fused-ring (bicyclic) bond motifs is 2. The van der Waals surface area contributed by atoms with Gasteiger partial charge in [0.05, 0.1) is 37.7 Å². The number of hydrogen-bond acceptors (Lipinski definition) is 7. The first-order chi connectivity index (χ1) is 20.8. The molecule has 3 heterocycles. The minimum Gasteiger partial charge on any atom is -0.493 e. The maximum absolute atomic E-state index is 6.26. The van der Waals surface area contributed by atoms with E-state index >= 15 is 0 Å². The number of benzene rings is 4. The van der Waals surface area contributed by atoms with Gasteiger partial charge in [-0.25, -0.2) is 0 Å². The van der Waals surface area contributed by atoms with Gasteiger partial charge in [-0.3, -0.25) is 15.0 Å². The Bertz CT molecular complexity index is 1710. The number of methoxy groups -OCH3 is 1. The molecule has 1 saturated heterocycles. The van der Waals surface area contributed by atoms with E-state index in [1.165, 1.54) is 5.56 Å². The second kappa shape index (κ2) is 11.7. The highest BCUT2D eigenvalue weighted by atomic mass is 16.5. The molecule has 5 aromatic rings. The summed E-state index contributed by atoms with van der Waals surface area (Å²) in [6, 6.07) is 29.5. The fourth-order valence-corrected chi connectivity index (χ4v) is 5.71. The molecule has 1 atom stereocenters. The molecule has 0 bridgehead atoms. The number of nitrogens with one attached hydrogen (secondary N) is 1. The fraction of sp³-hybridized carbons (Fsp3) is 0.235. The molecule has 1 unspecified atom stereocenters. The number of aromatic nitrogens is 2. The van der Waals surface area contributed by atoms with Crippen LogP contribution in [-0.2, 0) is 4.74 Å². The molecule has 0 radical (unpaired) electrons. The van der Waals surface area contributed by atoms with Gasteiger partial charge in [-0.1, -0.05) is 48.5 Å². The van der Waals surface area contributed by atoms with Gasteiger partial charge in [0, 0.05) is 48.6 Å². The van der Waals surface area contributed by atoms with Crippen molar-refractivity contribution >= 4 is 28.5 Å². The summed E-state index contributed by atoms with van der Waals surface area (Å²) in [4.78, 5) is 9.74. The summed E-state index contributed by atoms with van der Waals surface area (Å²) < 4.78 is 17.6. The van der Waals surface area contributed by atoms with Gasteiger partial charge in [0.1, 0.15) is 6.61 Å². The number of anilines is 2. The van der Waals surface area contributed by atoms with Crippen LogP contribution in [0.4, 0.5) is 11.4 Å². The largest absolute Gasteiger partial charge is 0.493 e. The van der Waals surface area contributed by atoms with E-state index in [0.29, 0.717) is 18.1 Å². The maximum Gasteiger partial charge on any atom is 0.162 e. The highest BCUT2D eigenvalue weighted by Gasteiger charge is 2.29. The SMILES string of the molecule is COc1cc2c(cc1OCCN1CCOCC1)C=NC(c1cccc(-c3ccccc3)c1)N2c1ccc2[nH]ncc2c1. The van der Waals surface area contributed by atoms with Gasteiger partial charge in [0.15, 0.2) is 17.7 Å². The number of nitrogens with zero attached hydrogens (tertiary/aromatic N) is 4. The fourth-order valence-electron chi connectivity index (χ4n) is 5.71. The van der Waals surface area contributed by atoms with Crippen molar-refractivity contribution in [3.8, 4) is 22.6 Å². The minimum absolute atomic E-state index is 0.275. The first-order valence-corrected chi connectivity index (χ1v) is 14.3. The predicted molar refractivity (Wildman–Crippen MR) is 166 cm³/mol. The number of hydrogen-bond donors (Lipinski definition) is 1. The van der Waals surface area contributed by atoms with Crippen molar-refractivity contribution < 1.29 is 14.2 Å². The normalized spacial score (nSPS) is 16.9. The van der Waals surface area contributed by atoms with Crippen LogP contribution in [0.25, 0.3) is 22.0 Å². The van der Waals surface area contributed by atoms with Crippen LogP contribution in [0.1, 0.15) is 17.3 Å². The molecule has 2 aliphatic rings. The number of aromatic amines is 1. The number of rotatable bonds is 8. The standard InChI is InChI=1S/C34H33N5O3/c1-40-32-21-31-28(20-33(32)42-17-14-38-12-15-41-16-13-38)22-35-34(39(31)29-10-11-30-27(19-29)23-36-37-30)26-9-5-8-25(18-26)24-6-3-2-4-7-24/h2-11,18-23,34H,12-17H2,1H3,(H,36,37). The number of aliphatic imine (C=N–C) groups is 1. The second-order valence-corrected chi connectivity index (χ2v) is 10.5. The molecule has 1 aromatic heterocycles. The molecule has 8 heteroatoms. The van der Waals surface area contributed by atoms with Crippen molar-refractivity contribution in [2.75, 3.05) is 51.5 Å². The van der Waals surface area contributed by atoms with Crippen molar-refractivity contribution in [1.82, 2.24) is 15.1 Å². The zero-order valence-corrected chi connectivity index (χ0v) is 23.6. The van der Waals surface area contributed by atoms with Crippen LogP contribution in [0.5, 0.6) is 11.5 Å². The maximum atomic E-state index is 6.26. The Labute approximate surface area is 245 Å². The molecule has 8 nitrogen and oxygen atoms in total. The van der Waals surface area contributed by atoms with Crippen LogP contribution >= 0.6 is 0 Å². The summed E-state index contributed by atoms with van der Waals surface area (Å²) in [5, 5.41) is 8.33. The average Bonchev–Trinajstić information content (AvgIpc) is 3.53. The van der Waals surface area contributed by atoms with Gasteiger partial charge < -0.3 is 19.1 Å². The lowest BCUT2D eigenvalue weighted by atomic mass is 9.99. The van der Waals surface area contributed by atoms with E-state index in [1.54, 1.807) is 7.11 Å². The Morgan fingerprint density at radius 2 is 1.76 bits per heavy atom. The van der Waals surface area contributed by atoms with Gasteiger partial charge in [-0.2, -0.15) is 5.10 Å². The monoisotopic (exact) mass is 559 g/mol. The number of morpholine rings is 1. The third kappa shape index (κ3) is 5.22. The molecule has 1 N–H and O–H groups in total. The summed E-state index contributed by atoms with van der Waals surface area (Å²) in [6.45, 7) is 4.82. The highest BCUT2D eigenvalue weighted by molar-refractivity contribution is 5.95. The zero-order valence-electron chi connectivity index (χ0n) is 23.6. The van der Waals surface area contributed by atoms with E-state index in [1.807, 2.05) is 24.5 Å². The van der Waals surface area contributed by atoms with E-state index in [4.69, 9.17) is 19.2 Å². The summed E-state index contributed by atoms with van der Waals surface area (Å²) in [5.74, 6) is 1.41. The summed E-state index contributed by atoms with van der Waals surface area (Å²) >= 11 is 0. The van der Waals surface area contributed by atoms with Crippen molar-refractivity contribution in [2.45, 2.75) is 6.17 Å². The van der Waals surface area contributed by atoms with Crippen molar-refractivity contribution in [3.05, 3.63) is 102 Å². The van der Waals surface area contributed by atoms with Gasteiger partial charge >= 0.3 is 0 Å². The van der Waals surface area contributed by atoms with Gasteiger partial charge in [-0.05, 0) is 47.0 Å². The Morgan fingerprint density at radius 3 is 2.62 bits per heavy atom. The zero-order chi connectivity index (χ0) is 28.3. The third-order valence-electron chi connectivity index (χ3n) is 7.93. The molecule has 4 aromatic carbocycles. The highest BCUT2D eigenvalue weighted by Crippen LogP contribution is 2.45. The Balaban J connectivity index is 1.26. The van der Waals surface area contributed by atoms with Crippen LogP contribution in [0.15, 0.2) is 96.1 Å². The van der Waals surface area contributed by atoms with E-state index in [2.05, 4.69) is 92.8 Å². The molecular formula is C34H33N5O3. The molecule has 2 aliphatic heterocycles. The quantitative estimate of drug-likeness (QED) is 0.243. The molecule has 0 aliphatic carbocycles. The molecule has 42 heavy (non-hydrogen) atoms. The Morgan fingerprint density at radius 1 is 0.905 bits per heavy atom. The molecular weight excluding hydrogens is 526 g/mol. The van der Waals surface area contributed by atoms with Crippen molar-refractivity contribution in [2.24, 2.45) is 4.99 Å². The van der Waals surface area contributed by atoms with Crippen LogP contribution in [0.3, 0.4) is 0 Å². The minimum atomic E-state index is -0.275. The van der Waals surface area contributed by atoms with E-state index in [9.17, 15) is 0 Å². The van der Waals surface area contributed by atoms with Crippen molar-refractivity contribution in [3.63, 3.8) is 0 Å². The van der Waals surface area contributed by atoms with Gasteiger partial charge in [-0.15, -0.1) is 0 Å². The topological polar surface area (TPSA) is 75.2 Å². The Kier molecular flexibility index (Phi) is 7.30. The first kappa shape index (κ1) is 26.3. The van der Waals surface area contributed by atoms with Crippen LogP contribution in [0.2, 0.25) is 0 Å². The first-order valence-electron chi connectivity index (χ1n) is 14.3. The predicted octanol–water partition coefficient (Wildman–Crippen LogP) is 6.22. The van der Waals surface area contributed by atoms with E-state index < -0.39 is 0 Å². The lowest BCUT2D eigenvalue weighted by Gasteiger charge is -2.36. The summed E-state index contributed by atoms with van der Waals surface area (Å²) in [5.41, 5.74) is 7.40. The summed E-state index contributed by atoms with van der Waals surface area (Å²) in [7, 11) is 1.69. The van der Waals surface area contributed by atoms with Gasteiger partial charge in [0.2, 0.25) is 0 Å². The number of H-pyrrole nitrogens is 1. The van der Waals surface area contributed by atoms with Crippen LogP contribution < -0.4 is 14.4 Å². The molecule has 0 saturated carbocycles. The van der Waals surface area contributed by atoms with E-state index in [0.717, 1.165) is 71.8 Å².